The van der Waals surface area contributed by atoms with Crippen molar-refractivity contribution in [3.63, 3.8) is 0 Å². The fourth-order valence-electron chi connectivity index (χ4n) is 2.91. The van der Waals surface area contributed by atoms with Crippen molar-refractivity contribution in [2.45, 2.75) is 18.9 Å². The van der Waals surface area contributed by atoms with Crippen LogP contribution in [0.3, 0.4) is 0 Å². The van der Waals surface area contributed by atoms with E-state index in [0.29, 0.717) is 18.7 Å². The van der Waals surface area contributed by atoms with Gasteiger partial charge in [0, 0.05) is 13.1 Å². The number of piperidine rings is 1. The summed E-state index contributed by atoms with van der Waals surface area (Å²) in [6, 6.07) is 11.4. The summed E-state index contributed by atoms with van der Waals surface area (Å²) in [7, 11) is 0. The molecular weight excluding hydrogens is 266 g/mol. The standard InChI is InChI=1S/C17H19NO3/c19-16(13-4-2-1-3-5-13)14-6-9-18(10-7-14)17(20)15-8-11-21-12-15/h1-5,8,11-12,14,16,19H,6-7,9-10H2. The van der Waals surface area contributed by atoms with Crippen LogP contribution in [-0.4, -0.2) is 29.0 Å². The molecule has 1 saturated heterocycles. The summed E-state index contributed by atoms with van der Waals surface area (Å²) >= 11 is 0. The molecule has 1 aromatic heterocycles. The Balaban J connectivity index is 1.59. The molecule has 0 saturated carbocycles. The predicted molar refractivity (Wildman–Crippen MR) is 78.7 cm³/mol. The van der Waals surface area contributed by atoms with E-state index >= 15 is 0 Å². The molecule has 1 unspecified atom stereocenters. The molecule has 4 nitrogen and oxygen atoms in total. The first-order valence-corrected chi connectivity index (χ1v) is 7.30. The molecular formula is C17H19NO3. The molecule has 1 fully saturated rings. The van der Waals surface area contributed by atoms with Gasteiger partial charge in [0.05, 0.1) is 17.9 Å². The Labute approximate surface area is 124 Å². The van der Waals surface area contributed by atoms with Crippen molar-refractivity contribution in [3.05, 3.63) is 60.1 Å². The summed E-state index contributed by atoms with van der Waals surface area (Å²) in [5.41, 5.74) is 1.55. The van der Waals surface area contributed by atoms with E-state index in [-0.39, 0.29) is 11.8 Å². The quantitative estimate of drug-likeness (QED) is 0.943. The maximum Gasteiger partial charge on any atom is 0.257 e. The Hall–Kier alpha value is -2.07. The average molecular weight is 285 g/mol. The number of carbonyl (C=O) groups excluding carboxylic acids is 1. The predicted octanol–water partition coefficient (Wildman–Crippen LogP) is 2.87. The molecule has 0 radical (unpaired) electrons. The van der Waals surface area contributed by atoms with E-state index in [1.807, 2.05) is 35.2 Å². The first kappa shape index (κ1) is 13.9. The summed E-state index contributed by atoms with van der Waals surface area (Å²) in [5, 5.41) is 10.4. The summed E-state index contributed by atoms with van der Waals surface area (Å²) in [6.07, 6.45) is 4.18. The molecule has 21 heavy (non-hydrogen) atoms. The number of hydrogen-bond acceptors (Lipinski definition) is 3. The molecule has 1 aliphatic rings. The van der Waals surface area contributed by atoms with Gasteiger partial charge in [-0.25, -0.2) is 0 Å². The van der Waals surface area contributed by atoms with Gasteiger partial charge in [0.25, 0.3) is 5.91 Å². The molecule has 1 N–H and O–H groups in total. The Morgan fingerprint density at radius 2 is 1.90 bits per heavy atom. The van der Waals surface area contributed by atoms with Crippen LogP contribution in [0.4, 0.5) is 0 Å². The zero-order valence-corrected chi connectivity index (χ0v) is 11.8. The zero-order valence-electron chi connectivity index (χ0n) is 11.8. The number of likely N-dealkylation sites (tertiary alicyclic amines) is 1. The van der Waals surface area contributed by atoms with Crippen LogP contribution in [0.1, 0.15) is 34.9 Å². The lowest BCUT2D eigenvalue weighted by Crippen LogP contribution is -2.39. The van der Waals surface area contributed by atoms with Gasteiger partial charge in [-0.15, -0.1) is 0 Å². The molecule has 1 atom stereocenters. The lowest BCUT2D eigenvalue weighted by molar-refractivity contribution is 0.0462. The highest BCUT2D eigenvalue weighted by atomic mass is 16.3. The Morgan fingerprint density at radius 3 is 2.52 bits per heavy atom. The van der Waals surface area contributed by atoms with Gasteiger partial charge < -0.3 is 14.4 Å². The van der Waals surface area contributed by atoms with Crippen LogP contribution in [0.5, 0.6) is 0 Å². The molecule has 2 aromatic rings. The van der Waals surface area contributed by atoms with Gasteiger partial charge in [-0.1, -0.05) is 30.3 Å². The number of aliphatic hydroxyl groups is 1. The van der Waals surface area contributed by atoms with E-state index in [1.54, 1.807) is 6.07 Å². The number of amides is 1. The van der Waals surface area contributed by atoms with Crippen molar-refractivity contribution < 1.29 is 14.3 Å². The second-order valence-corrected chi connectivity index (χ2v) is 5.50. The Morgan fingerprint density at radius 1 is 1.19 bits per heavy atom. The minimum atomic E-state index is -0.447. The minimum absolute atomic E-state index is 0.0106. The van der Waals surface area contributed by atoms with Crippen molar-refractivity contribution in [1.29, 1.82) is 0 Å². The fourth-order valence-corrected chi connectivity index (χ4v) is 2.91. The molecule has 0 bridgehead atoms. The van der Waals surface area contributed by atoms with Crippen molar-refractivity contribution >= 4 is 5.91 Å². The summed E-state index contributed by atoms with van der Waals surface area (Å²) < 4.78 is 4.96. The highest BCUT2D eigenvalue weighted by molar-refractivity contribution is 5.93. The SMILES string of the molecule is O=C(c1ccoc1)N1CCC(C(O)c2ccccc2)CC1. The lowest BCUT2D eigenvalue weighted by atomic mass is 9.87. The number of furan rings is 1. The third-order valence-electron chi connectivity index (χ3n) is 4.18. The maximum absolute atomic E-state index is 12.2. The monoisotopic (exact) mass is 285 g/mol. The van der Waals surface area contributed by atoms with Crippen LogP contribution in [0.2, 0.25) is 0 Å². The highest BCUT2D eigenvalue weighted by Gasteiger charge is 2.28. The van der Waals surface area contributed by atoms with Gasteiger partial charge >= 0.3 is 0 Å². The van der Waals surface area contributed by atoms with Crippen LogP contribution in [0.15, 0.2) is 53.3 Å². The first-order chi connectivity index (χ1) is 10.3. The average Bonchev–Trinajstić information content (AvgIpc) is 3.09. The Bertz CT molecular complexity index is 571. The van der Waals surface area contributed by atoms with Gasteiger partial charge in [-0.2, -0.15) is 0 Å². The third kappa shape index (κ3) is 3.00. The van der Waals surface area contributed by atoms with E-state index in [4.69, 9.17) is 4.42 Å². The van der Waals surface area contributed by atoms with E-state index in [0.717, 1.165) is 18.4 Å². The van der Waals surface area contributed by atoms with Crippen LogP contribution < -0.4 is 0 Å². The number of nitrogens with zero attached hydrogens (tertiary/aromatic N) is 1. The molecule has 1 aromatic carbocycles. The van der Waals surface area contributed by atoms with E-state index < -0.39 is 6.10 Å². The van der Waals surface area contributed by atoms with E-state index in [9.17, 15) is 9.90 Å². The largest absolute Gasteiger partial charge is 0.472 e. The van der Waals surface area contributed by atoms with Gasteiger partial charge in [0.2, 0.25) is 0 Å². The molecule has 1 aliphatic heterocycles. The molecule has 0 aliphatic carbocycles. The van der Waals surface area contributed by atoms with Crippen LogP contribution in [0, 0.1) is 5.92 Å². The number of hydrogen-bond donors (Lipinski definition) is 1. The second-order valence-electron chi connectivity index (χ2n) is 5.50. The summed E-state index contributed by atoms with van der Waals surface area (Å²) in [4.78, 5) is 14.0. The molecule has 1 amide bonds. The number of carbonyl (C=O) groups is 1. The van der Waals surface area contributed by atoms with E-state index in [1.165, 1.54) is 12.5 Å². The van der Waals surface area contributed by atoms with Crippen molar-refractivity contribution in [2.24, 2.45) is 5.92 Å². The topological polar surface area (TPSA) is 53.7 Å². The Kier molecular flexibility index (Phi) is 4.06. The molecule has 3 rings (SSSR count). The highest BCUT2D eigenvalue weighted by Crippen LogP contribution is 2.31. The molecule has 110 valence electrons. The molecule has 4 heteroatoms. The van der Waals surface area contributed by atoms with Crippen LogP contribution in [-0.2, 0) is 0 Å². The van der Waals surface area contributed by atoms with E-state index in [2.05, 4.69) is 0 Å². The maximum atomic E-state index is 12.2. The number of aliphatic hydroxyl groups excluding tert-OH is 1. The van der Waals surface area contributed by atoms with Crippen LogP contribution in [0.25, 0.3) is 0 Å². The summed E-state index contributed by atoms with van der Waals surface area (Å²) in [6.45, 7) is 1.36. The first-order valence-electron chi connectivity index (χ1n) is 7.30. The lowest BCUT2D eigenvalue weighted by Gasteiger charge is -2.34. The van der Waals surface area contributed by atoms with Crippen molar-refractivity contribution in [3.8, 4) is 0 Å². The third-order valence-corrected chi connectivity index (χ3v) is 4.18. The second kappa shape index (κ2) is 6.14. The van der Waals surface area contributed by atoms with Crippen molar-refractivity contribution in [1.82, 2.24) is 4.90 Å². The normalized spacial score (nSPS) is 17.7. The van der Waals surface area contributed by atoms with Crippen LogP contribution >= 0.6 is 0 Å². The van der Waals surface area contributed by atoms with Crippen molar-refractivity contribution in [2.75, 3.05) is 13.1 Å². The fraction of sp³-hybridized carbons (Fsp3) is 0.353. The van der Waals surface area contributed by atoms with Gasteiger partial charge in [-0.05, 0) is 30.4 Å². The minimum Gasteiger partial charge on any atom is -0.472 e. The number of rotatable bonds is 3. The zero-order chi connectivity index (χ0) is 14.7. The summed E-state index contributed by atoms with van der Waals surface area (Å²) in [5.74, 6) is 0.220. The van der Waals surface area contributed by atoms with Gasteiger partial charge in [0.15, 0.2) is 0 Å². The number of benzene rings is 1. The van der Waals surface area contributed by atoms with Gasteiger partial charge in [-0.3, -0.25) is 4.79 Å². The molecule has 2 heterocycles. The smallest absolute Gasteiger partial charge is 0.257 e. The van der Waals surface area contributed by atoms with Gasteiger partial charge in [0.1, 0.15) is 6.26 Å². The molecule has 0 spiro atoms.